The van der Waals surface area contributed by atoms with Gasteiger partial charge in [0.15, 0.2) is 0 Å². The molecule has 0 fully saturated rings. The molecule has 0 aliphatic carbocycles. The molecule has 7 heteroatoms. The Hall–Kier alpha value is -2.24. The van der Waals surface area contributed by atoms with Gasteiger partial charge in [-0.25, -0.2) is 8.78 Å². The Morgan fingerprint density at radius 1 is 0.714 bits per heavy atom. The van der Waals surface area contributed by atoms with Crippen LogP contribution in [-0.2, 0) is 17.1 Å². The summed E-state index contributed by atoms with van der Waals surface area (Å²) in [5.41, 5.74) is -0.801. The summed E-state index contributed by atoms with van der Waals surface area (Å²) < 4.78 is 24.8. The SMILES string of the molecule is O=C([O-])c1ccccc1F.O=C([O-])c1ccccc1F.[Cu+2]. The maximum Gasteiger partial charge on any atom is 2.00 e. The van der Waals surface area contributed by atoms with Crippen molar-refractivity contribution < 1.29 is 45.7 Å². The third-order valence-electron chi connectivity index (χ3n) is 2.19. The minimum absolute atomic E-state index is 0. The normalized spacial score (nSPS) is 8.86. The predicted molar refractivity (Wildman–Crippen MR) is 61.5 cm³/mol. The van der Waals surface area contributed by atoms with Crippen molar-refractivity contribution in [3.8, 4) is 0 Å². The topological polar surface area (TPSA) is 80.3 Å². The van der Waals surface area contributed by atoms with Crippen LogP contribution >= 0.6 is 0 Å². The predicted octanol–water partition coefficient (Wildman–Crippen LogP) is 0.376. The fourth-order valence-electron chi connectivity index (χ4n) is 1.25. The molecule has 4 nitrogen and oxygen atoms in total. The van der Waals surface area contributed by atoms with Gasteiger partial charge in [-0.2, -0.15) is 0 Å². The molecule has 0 N–H and O–H groups in total. The summed E-state index contributed by atoms with van der Waals surface area (Å²) in [5.74, 6) is -4.50. The molecular formula is C14H8CuF2O4. The van der Waals surface area contributed by atoms with Gasteiger partial charge < -0.3 is 19.8 Å². The van der Waals surface area contributed by atoms with Gasteiger partial charge in [-0.05, 0) is 12.1 Å². The molecule has 0 saturated carbocycles. The number of benzene rings is 2. The van der Waals surface area contributed by atoms with Crippen LogP contribution in [0.4, 0.5) is 8.78 Å². The minimum atomic E-state index is -1.49. The minimum Gasteiger partial charge on any atom is -0.545 e. The Labute approximate surface area is 129 Å². The number of carbonyl (C=O) groups is 2. The van der Waals surface area contributed by atoms with E-state index >= 15 is 0 Å². The zero-order chi connectivity index (χ0) is 15.1. The first kappa shape index (κ1) is 18.8. The molecule has 0 unspecified atom stereocenters. The van der Waals surface area contributed by atoms with Gasteiger partial charge in [-0.3, -0.25) is 0 Å². The number of hydrogen-bond donors (Lipinski definition) is 0. The second kappa shape index (κ2) is 8.84. The molecule has 2 rings (SSSR count). The van der Waals surface area contributed by atoms with Crippen LogP contribution in [0.5, 0.6) is 0 Å². The number of carboxylic acids is 2. The molecular weight excluding hydrogens is 334 g/mol. The molecule has 0 aromatic heterocycles. The van der Waals surface area contributed by atoms with E-state index in [2.05, 4.69) is 0 Å². The third kappa shape index (κ3) is 5.72. The summed E-state index contributed by atoms with van der Waals surface area (Å²) in [4.78, 5) is 20.1. The molecule has 0 saturated heterocycles. The van der Waals surface area contributed by atoms with Crippen molar-refractivity contribution in [2.45, 2.75) is 0 Å². The Balaban J connectivity index is 0.000000364. The first-order valence-corrected chi connectivity index (χ1v) is 5.35. The van der Waals surface area contributed by atoms with E-state index in [0.29, 0.717) is 0 Å². The summed E-state index contributed by atoms with van der Waals surface area (Å²) in [6.07, 6.45) is 0. The fraction of sp³-hybridized carbons (Fsp3) is 0. The Kier molecular flexibility index (Phi) is 7.89. The average molecular weight is 342 g/mol. The molecule has 0 aliphatic heterocycles. The maximum absolute atomic E-state index is 12.4. The third-order valence-corrected chi connectivity index (χ3v) is 2.19. The quantitative estimate of drug-likeness (QED) is 0.739. The van der Waals surface area contributed by atoms with Gasteiger partial charge in [-0.15, -0.1) is 0 Å². The zero-order valence-corrected chi connectivity index (χ0v) is 11.3. The van der Waals surface area contributed by atoms with Crippen molar-refractivity contribution >= 4 is 11.9 Å². The van der Waals surface area contributed by atoms with E-state index in [1.165, 1.54) is 24.3 Å². The van der Waals surface area contributed by atoms with E-state index in [-0.39, 0.29) is 17.1 Å². The molecule has 113 valence electrons. The Bertz CT molecular complexity index is 576. The number of hydrogen-bond acceptors (Lipinski definition) is 4. The summed E-state index contributed by atoms with van der Waals surface area (Å²) >= 11 is 0. The van der Waals surface area contributed by atoms with Crippen molar-refractivity contribution in [1.29, 1.82) is 0 Å². The number of rotatable bonds is 2. The Morgan fingerprint density at radius 3 is 1.19 bits per heavy atom. The standard InChI is InChI=1S/2C7H5FO2.Cu/c2*8-6-4-2-1-3-5(6)7(9)10;/h2*1-4H,(H,9,10);/q;;+2/p-2. The van der Waals surface area contributed by atoms with Crippen LogP contribution < -0.4 is 10.2 Å². The van der Waals surface area contributed by atoms with Gasteiger partial charge in [0.05, 0.1) is 11.9 Å². The van der Waals surface area contributed by atoms with Crippen molar-refractivity contribution in [1.82, 2.24) is 0 Å². The van der Waals surface area contributed by atoms with Crippen molar-refractivity contribution in [2.75, 3.05) is 0 Å². The van der Waals surface area contributed by atoms with Gasteiger partial charge in [0.2, 0.25) is 0 Å². The average Bonchev–Trinajstić information content (AvgIpc) is 2.40. The van der Waals surface area contributed by atoms with E-state index in [1.807, 2.05) is 0 Å². The summed E-state index contributed by atoms with van der Waals surface area (Å²) in [7, 11) is 0. The second-order valence-corrected chi connectivity index (χ2v) is 3.53. The largest absolute Gasteiger partial charge is 2.00 e. The molecule has 2 aromatic carbocycles. The van der Waals surface area contributed by atoms with Gasteiger partial charge in [-0.1, -0.05) is 36.4 Å². The van der Waals surface area contributed by atoms with Gasteiger partial charge >= 0.3 is 17.1 Å². The number of halogens is 2. The van der Waals surface area contributed by atoms with Gasteiger partial charge in [0.1, 0.15) is 11.6 Å². The van der Waals surface area contributed by atoms with Crippen molar-refractivity contribution in [2.24, 2.45) is 0 Å². The summed E-state index contributed by atoms with van der Waals surface area (Å²) in [6.45, 7) is 0. The summed E-state index contributed by atoms with van der Waals surface area (Å²) in [6, 6.07) is 10.2. The van der Waals surface area contributed by atoms with Crippen LogP contribution in [0.2, 0.25) is 0 Å². The molecule has 0 heterocycles. The molecule has 21 heavy (non-hydrogen) atoms. The van der Waals surface area contributed by atoms with E-state index < -0.39 is 34.7 Å². The van der Waals surface area contributed by atoms with Gasteiger partial charge in [0, 0.05) is 11.1 Å². The monoisotopic (exact) mass is 341 g/mol. The summed E-state index contributed by atoms with van der Waals surface area (Å²) in [5, 5.41) is 20.1. The van der Waals surface area contributed by atoms with E-state index in [1.54, 1.807) is 0 Å². The zero-order valence-electron chi connectivity index (χ0n) is 10.3. The molecule has 1 radical (unpaired) electrons. The van der Waals surface area contributed by atoms with Crippen LogP contribution in [-0.4, -0.2) is 11.9 Å². The van der Waals surface area contributed by atoms with Crippen LogP contribution in [0.1, 0.15) is 20.7 Å². The van der Waals surface area contributed by atoms with Crippen LogP contribution in [0, 0.1) is 11.6 Å². The maximum atomic E-state index is 12.4. The van der Waals surface area contributed by atoms with E-state index in [4.69, 9.17) is 0 Å². The number of aromatic carboxylic acids is 2. The molecule has 2 aromatic rings. The van der Waals surface area contributed by atoms with Crippen LogP contribution in [0.3, 0.4) is 0 Å². The first-order chi connectivity index (χ1) is 9.43. The molecule has 0 bridgehead atoms. The van der Waals surface area contributed by atoms with Crippen LogP contribution in [0.25, 0.3) is 0 Å². The fourth-order valence-corrected chi connectivity index (χ4v) is 1.25. The molecule has 0 amide bonds. The van der Waals surface area contributed by atoms with E-state index in [9.17, 15) is 28.6 Å². The Morgan fingerprint density at radius 2 is 1.00 bits per heavy atom. The van der Waals surface area contributed by atoms with Crippen molar-refractivity contribution in [3.05, 3.63) is 71.3 Å². The smallest absolute Gasteiger partial charge is 0.545 e. The van der Waals surface area contributed by atoms with Gasteiger partial charge in [0.25, 0.3) is 0 Å². The van der Waals surface area contributed by atoms with Crippen molar-refractivity contribution in [3.63, 3.8) is 0 Å². The number of carbonyl (C=O) groups excluding carboxylic acids is 2. The van der Waals surface area contributed by atoms with E-state index in [0.717, 1.165) is 24.3 Å². The molecule has 0 atom stereocenters. The molecule has 0 aliphatic rings. The first-order valence-electron chi connectivity index (χ1n) is 5.35. The number of carboxylic acid groups (broad SMARTS) is 2. The second-order valence-electron chi connectivity index (χ2n) is 3.53. The molecule has 0 spiro atoms. The van der Waals surface area contributed by atoms with Crippen LogP contribution in [0.15, 0.2) is 48.5 Å².